The molecule has 0 atom stereocenters. The van der Waals surface area contributed by atoms with Gasteiger partial charge in [0.05, 0.1) is 23.0 Å². The van der Waals surface area contributed by atoms with Crippen LogP contribution >= 0.6 is 11.8 Å². The maximum atomic E-state index is 9.40. The van der Waals surface area contributed by atoms with E-state index in [1.54, 1.807) is 0 Å². The van der Waals surface area contributed by atoms with Crippen molar-refractivity contribution in [3.05, 3.63) is 205 Å². The van der Waals surface area contributed by atoms with E-state index in [1.165, 1.54) is 0 Å². The molecule has 8 aromatic rings. The van der Waals surface area contributed by atoms with E-state index in [2.05, 4.69) is 78.9 Å². The van der Waals surface area contributed by atoms with E-state index >= 15 is 0 Å². The fourth-order valence-electron chi connectivity index (χ4n) is 6.50. The summed E-state index contributed by atoms with van der Waals surface area (Å²) in [7, 11) is 0. The number of benzene rings is 7. The van der Waals surface area contributed by atoms with Gasteiger partial charge in [0, 0.05) is 27.8 Å². The molecule has 7 aromatic carbocycles. The topological polar surface area (TPSA) is 97.3 Å². The summed E-state index contributed by atoms with van der Waals surface area (Å²) >= 11 is 1.15. The van der Waals surface area contributed by atoms with Crippen molar-refractivity contribution >= 4 is 21.8 Å². The maximum absolute atomic E-state index is 9.40. The van der Waals surface area contributed by atoms with E-state index in [0.717, 1.165) is 84.3 Å². The minimum atomic E-state index is 0.337. The summed E-state index contributed by atoms with van der Waals surface area (Å²) in [6, 6.07) is 64.6. The van der Waals surface area contributed by atoms with Crippen molar-refractivity contribution in [1.29, 1.82) is 16.1 Å². The van der Waals surface area contributed by atoms with Crippen LogP contribution in [0.25, 0.3) is 67.3 Å². The zero-order valence-corrected chi connectivity index (χ0v) is 30.5. The van der Waals surface area contributed by atoms with Crippen LogP contribution in [-0.4, -0.2) is 20.1 Å². The van der Waals surface area contributed by atoms with Crippen LogP contribution in [0.3, 0.4) is 0 Å². The molecule has 0 fully saturated rings. The molecule has 0 saturated heterocycles. The minimum Gasteiger partial charge on any atom is -0.293 e. The Hall–Kier alpha value is -7.20. The molecule has 55 heavy (non-hydrogen) atoms. The van der Waals surface area contributed by atoms with Gasteiger partial charge < -0.3 is 0 Å². The molecule has 260 valence electrons. The highest BCUT2D eigenvalue weighted by Gasteiger charge is 2.15. The normalized spacial score (nSPS) is 10.7. The van der Waals surface area contributed by atoms with Gasteiger partial charge in [-0.15, -0.1) is 0 Å². The average Bonchev–Trinajstić information content (AvgIpc) is 3.27. The Labute approximate surface area is 324 Å². The van der Waals surface area contributed by atoms with Gasteiger partial charge in [0.2, 0.25) is 0 Å². The third-order valence-electron chi connectivity index (χ3n) is 9.36. The van der Waals surface area contributed by atoms with Gasteiger partial charge in [-0.2, -0.15) is 5.26 Å². The minimum absolute atomic E-state index is 0.337. The molecule has 0 aliphatic carbocycles. The second kappa shape index (κ2) is 15.8. The standard InChI is InChI=1S/C49H33N5S/c50-32-33-11-9-16-40(29-33)34-21-25-36(26-22-34)45-31-46(54-49(53-45)39-14-5-2-6-15-39)44-20-8-7-19-43(44)42-18-10-17-41(30-42)35-23-27-38(28-24-35)48(52)55-47(51)37-12-3-1-4-13-37/h1-31,51-52H. The Morgan fingerprint density at radius 2 is 0.927 bits per heavy atom. The van der Waals surface area contributed by atoms with E-state index in [9.17, 15) is 5.26 Å². The van der Waals surface area contributed by atoms with Crippen molar-refractivity contribution in [1.82, 2.24) is 9.97 Å². The molecule has 1 aromatic heterocycles. The number of aromatic nitrogens is 2. The van der Waals surface area contributed by atoms with Gasteiger partial charge in [-0.1, -0.05) is 176 Å². The van der Waals surface area contributed by atoms with Crippen molar-refractivity contribution in [3.63, 3.8) is 0 Å². The predicted octanol–water partition coefficient (Wildman–Crippen LogP) is 12.4. The zero-order chi connectivity index (χ0) is 37.6. The molecular weight excluding hydrogens is 691 g/mol. The van der Waals surface area contributed by atoms with Crippen molar-refractivity contribution in [3.8, 4) is 73.4 Å². The van der Waals surface area contributed by atoms with Crippen molar-refractivity contribution in [2.24, 2.45) is 0 Å². The van der Waals surface area contributed by atoms with Crippen LogP contribution in [-0.2, 0) is 0 Å². The molecule has 0 spiro atoms. The number of hydrogen-bond acceptors (Lipinski definition) is 6. The largest absolute Gasteiger partial charge is 0.293 e. The number of rotatable bonds is 8. The van der Waals surface area contributed by atoms with Crippen LogP contribution in [0.15, 0.2) is 188 Å². The monoisotopic (exact) mass is 723 g/mol. The first-order chi connectivity index (χ1) is 27.0. The Bertz CT molecular complexity index is 2700. The molecular formula is C49H33N5S. The van der Waals surface area contributed by atoms with E-state index in [1.807, 2.05) is 115 Å². The average molecular weight is 724 g/mol. The van der Waals surface area contributed by atoms with E-state index in [4.69, 9.17) is 20.8 Å². The second-order valence-corrected chi connectivity index (χ2v) is 13.9. The third kappa shape index (κ3) is 7.79. The third-order valence-corrected chi connectivity index (χ3v) is 10.2. The summed E-state index contributed by atoms with van der Waals surface area (Å²) in [4.78, 5) is 10.2. The van der Waals surface area contributed by atoms with E-state index in [-0.39, 0.29) is 0 Å². The van der Waals surface area contributed by atoms with Gasteiger partial charge in [-0.25, -0.2) is 9.97 Å². The Balaban J connectivity index is 1.12. The molecule has 0 bridgehead atoms. The lowest BCUT2D eigenvalue weighted by Crippen LogP contribution is -2.01. The summed E-state index contributed by atoms with van der Waals surface area (Å²) < 4.78 is 0. The summed E-state index contributed by atoms with van der Waals surface area (Å²) in [6.45, 7) is 0. The van der Waals surface area contributed by atoms with Gasteiger partial charge in [-0.3, -0.25) is 10.8 Å². The van der Waals surface area contributed by atoms with Crippen LogP contribution < -0.4 is 0 Å². The van der Waals surface area contributed by atoms with Gasteiger partial charge in [0.15, 0.2) is 5.82 Å². The van der Waals surface area contributed by atoms with E-state index < -0.39 is 0 Å². The Kier molecular flexibility index (Phi) is 10.0. The van der Waals surface area contributed by atoms with Crippen LogP contribution in [0.4, 0.5) is 0 Å². The molecule has 5 nitrogen and oxygen atoms in total. The summed E-state index contributed by atoms with van der Waals surface area (Å²) in [5.74, 6) is 0.644. The molecule has 0 amide bonds. The molecule has 6 heteroatoms. The van der Waals surface area contributed by atoms with Crippen molar-refractivity contribution in [2.75, 3.05) is 0 Å². The predicted molar refractivity (Wildman–Crippen MR) is 227 cm³/mol. The highest BCUT2D eigenvalue weighted by Crippen LogP contribution is 2.36. The van der Waals surface area contributed by atoms with Gasteiger partial charge >= 0.3 is 0 Å². The molecule has 0 unspecified atom stereocenters. The quantitative estimate of drug-likeness (QED) is 0.120. The molecule has 0 aliphatic rings. The molecule has 1 heterocycles. The number of nitriles is 1. The number of hydrogen-bond donors (Lipinski definition) is 2. The zero-order valence-electron chi connectivity index (χ0n) is 29.6. The molecule has 2 N–H and O–H groups in total. The number of nitrogens with one attached hydrogen (secondary N) is 2. The van der Waals surface area contributed by atoms with Crippen LogP contribution in [0, 0.1) is 22.1 Å². The van der Waals surface area contributed by atoms with Crippen molar-refractivity contribution < 1.29 is 0 Å². The summed E-state index contributed by atoms with van der Waals surface area (Å²) in [6.07, 6.45) is 0. The number of nitrogens with zero attached hydrogens (tertiary/aromatic N) is 3. The second-order valence-electron chi connectivity index (χ2n) is 12.9. The van der Waals surface area contributed by atoms with E-state index in [0.29, 0.717) is 21.5 Å². The smallest absolute Gasteiger partial charge is 0.160 e. The van der Waals surface area contributed by atoms with Crippen LogP contribution in [0.2, 0.25) is 0 Å². The lowest BCUT2D eigenvalue weighted by atomic mass is 9.93. The SMILES string of the molecule is N#Cc1cccc(-c2ccc(-c3cc(-c4ccccc4-c4cccc(-c5ccc(C(=N)SC(=N)c6ccccc6)cc5)c4)nc(-c4ccccc4)n3)cc2)c1. The van der Waals surface area contributed by atoms with Crippen LogP contribution in [0.5, 0.6) is 0 Å². The number of thioether (sulfide) groups is 1. The van der Waals surface area contributed by atoms with Crippen LogP contribution in [0.1, 0.15) is 16.7 Å². The lowest BCUT2D eigenvalue weighted by molar-refractivity contribution is 1.18. The molecule has 8 rings (SSSR count). The van der Waals surface area contributed by atoms with Gasteiger partial charge in [-0.05, 0) is 57.6 Å². The summed E-state index contributed by atoms with van der Waals surface area (Å²) in [5.41, 5.74) is 12.9. The molecule has 0 aliphatic heterocycles. The fourth-order valence-corrected chi connectivity index (χ4v) is 7.21. The highest BCUT2D eigenvalue weighted by atomic mass is 32.2. The summed E-state index contributed by atoms with van der Waals surface area (Å²) in [5, 5.41) is 27.2. The molecule has 0 radical (unpaired) electrons. The Morgan fingerprint density at radius 1 is 0.418 bits per heavy atom. The molecule has 0 saturated carbocycles. The van der Waals surface area contributed by atoms with Crippen molar-refractivity contribution in [2.45, 2.75) is 0 Å². The lowest BCUT2D eigenvalue weighted by Gasteiger charge is -2.14. The first-order valence-corrected chi connectivity index (χ1v) is 18.6. The first-order valence-electron chi connectivity index (χ1n) is 17.8. The van der Waals surface area contributed by atoms with Gasteiger partial charge in [0.25, 0.3) is 0 Å². The highest BCUT2D eigenvalue weighted by molar-refractivity contribution is 8.27. The fraction of sp³-hybridized carbons (Fsp3) is 0. The van der Waals surface area contributed by atoms with Gasteiger partial charge in [0.1, 0.15) is 10.1 Å². The Morgan fingerprint density at radius 3 is 1.62 bits per heavy atom. The first kappa shape index (κ1) is 34.9. The maximum Gasteiger partial charge on any atom is 0.160 e.